The maximum atomic E-state index is 13.3. The molecule has 0 saturated carbocycles. The van der Waals surface area contributed by atoms with Crippen LogP contribution in [-0.2, 0) is 6.30 Å². The van der Waals surface area contributed by atoms with E-state index in [1.54, 1.807) is 18.2 Å². The Labute approximate surface area is 127 Å². The molecule has 112 valence electrons. The third kappa shape index (κ3) is 2.35. The lowest BCUT2D eigenvalue weighted by molar-refractivity contribution is -0.205. The smallest absolute Gasteiger partial charge is 0.268 e. The fraction of sp³-hybridized carbons (Fsp3) is 0.0667. The van der Waals surface area contributed by atoms with Crippen molar-refractivity contribution in [3.8, 4) is 11.4 Å². The number of halogens is 4. The molecule has 0 saturated heterocycles. The molecular formula is C15H8ClF3N2O. The summed E-state index contributed by atoms with van der Waals surface area (Å²) in [4.78, 5) is 16.3. The highest BCUT2D eigenvalue weighted by atomic mass is 35.5. The van der Waals surface area contributed by atoms with E-state index < -0.39 is 17.7 Å². The lowest BCUT2D eigenvalue weighted by Crippen LogP contribution is -2.33. The minimum atomic E-state index is -4.90. The van der Waals surface area contributed by atoms with Gasteiger partial charge in [-0.2, -0.15) is 4.57 Å². The molecule has 0 spiro atoms. The average Bonchev–Trinajstić information content (AvgIpc) is 2.46. The van der Waals surface area contributed by atoms with Crippen molar-refractivity contribution < 1.29 is 13.2 Å². The Morgan fingerprint density at radius 1 is 1.00 bits per heavy atom. The van der Waals surface area contributed by atoms with Crippen molar-refractivity contribution in [2.45, 2.75) is 6.30 Å². The first-order chi connectivity index (χ1) is 10.4. The molecule has 0 atom stereocenters. The predicted octanol–water partition coefficient (Wildman–Crippen LogP) is 4.19. The number of fused-ring (bicyclic) bond motifs is 1. The van der Waals surface area contributed by atoms with E-state index in [1.807, 2.05) is 0 Å². The van der Waals surface area contributed by atoms with E-state index in [0.29, 0.717) is 0 Å². The van der Waals surface area contributed by atoms with Crippen molar-refractivity contribution in [2.24, 2.45) is 0 Å². The third-order valence-electron chi connectivity index (χ3n) is 3.13. The van der Waals surface area contributed by atoms with Gasteiger partial charge < -0.3 is 0 Å². The van der Waals surface area contributed by atoms with Crippen molar-refractivity contribution in [1.82, 2.24) is 9.55 Å². The van der Waals surface area contributed by atoms with Crippen LogP contribution in [0.3, 0.4) is 0 Å². The van der Waals surface area contributed by atoms with Crippen LogP contribution in [-0.4, -0.2) is 9.55 Å². The maximum absolute atomic E-state index is 13.3. The molecule has 0 unspecified atom stereocenters. The zero-order valence-electron chi connectivity index (χ0n) is 10.9. The number of benzene rings is 2. The second kappa shape index (κ2) is 5.14. The van der Waals surface area contributed by atoms with Gasteiger partial charge in [0, 0.05) is 5.56 Å². The summed E-state index contributed by atoms with van der Waals surface area (Å²) in [6.07, 6.45) is -4.90. The Bertz CT molecular complexity index is 904. The van der Waals surface area contributed by atoms with E-state index in [2.05, 4.69) is 4.98 Å². The highest BCUT2D eigenvalue weighted by molar-refractivity contribution is 6.35. The number of nitrogens with zero attached hydrogens (tertiary/aromatic N) is 2. The quantitative estimate of drug-likeness (QED) is 0.672. The average molecular weight is 325 g/mol. The first-order valence-electron chi connectivity index (χ1n) is 6.23. The molecule has 7 heteroatoms. The van der Waals surface area contributed by atoms with E-state index in [-0.39, 0.29) is 26.1 Å². The van der Waals surface area contributed by atoms with Crippen molar-refractivity contribution in [2.75, 3.05) is 0 Å². The summed E-state index contributed by atoms with van der Waals surface area (Å²) in [5.74, 6) is -0.465. The van der Waals surface area contributed by atoms with Crippen LogP contribution in [0.4, 0.5) is 13.2 Å². The van der Waals surface area contributed by atoms with E-state index >= 15 is 0 Å². The highest BCUT2D eigenvalue weighted by Crippen LogP contribution is 2.29. The number of aromatic nitrogens is 2. The van der Waals surface area contributed by atoms with Gasteiger partial charge in [-0.3, -0.25) is 4.79 Å². The Morgan fingerprint density at radius 3 is 2.32 bits per heavy atom. The molecule has 0 aliphatic carbocycles. The van der Waals surface area contributed by atoms with Gasteiger partial charge in [0.25, 0.3) is 5.56 Å². The SMILES string of the molecule is O=c1c2c(Cl)cccc2nc(-c2ccccc2)n1C(F)(F)F. The van der Waals surface area contributed by atoms with Gasteiger partial charge in [-0.25, -0.2) is 4.98 Å². The molecule has 0 N–H and O–H groups in total. The zero-order chi connectivity index (χ0) is 15.9. The number of rotatable bonds is 1. The summed E-state index contributed by atoms with van der Waals surface area (Å²) in [7, 11) is 0. The summed E-state index contributed by atoms with van der Waals surface area (Å²) in [5.41, 5.74) is -0.919. The summed E-state index contributed by atoms with van der Waals surface area (Å²) >= 11 is 5.86. The molecule has 0 radical (unpaired) electrons. The molecule has 22 heavy (non-hydrogen) atoms. The minimum absolute atomic E-state index is 0.0624. The van der Waals surface area contributed by atoms with Crippen LogP contribution in [0, 0.1) is 0 Å². The van der Waals surface area contributed by atoms with Crippen LogP contribution in [0.1, 0.15) is 0 Å². The van der Waals surface area contributed by atoms with Crippen molar-refractivity contribution in [1.29, 1.82) is 0 Å². The number of hydrogen-bond acceptors (Lipinski definition) is 2. The molecule has 1 heterocycles. The molecule has 0 amide bonds. The number of alkyl halides is 3. The van der Waals surface area contributed by atoms with Crippen LogP contribution in [0.2, 0.25) is 5.02 Å². The molecule has 3 aromatic rings. The second-order valence-corrected chi connectivity index (χ2v) is 4.95. The van der Waals surface area contributed by atoms with Crippen LogP contribution in [0.25, 0.3) is 22.3 Å². The van der Waals surface area contributed by atoms with E-state index in [4.69, 9.17) is 11.6 Å². The normalized spacial score (nSPS) is 11.8. The Kier molecular flexibility index (Phi) is 3.41. The van der Waals surface area contributed by atoms with Crippen molar-refractivity contribution >= 4 is 22.5 Å². The zero-order valence-corrected chi connectivity index (χ0v) is 11.7. The monoisotopic (exact) mass is 324 g/mol. The van der Waals surface area contributed by atoms with Gasteiger partial charge in [0.1, 0.15) is 0 Å². The molecule has 0 aliphatic heterocycles. The van der Waals surface area contributed by atoms with Crippen molar-refractivity contribution in [3.05, 3.63) is 63.9 Å². The predicted molar refractivity (Wildman–Crippen MR) is 77.7 cm³/mol. The van der Waals surface area contributed by atoms with Crippen LogP contribution in [0.15, 0.2) is 53.3 Å². The molecule has 3 nitrogen and oxygen atoms in total. The fourth-order valence-corrected chi connectivity index (χ4v) is 2.46. The Morgan fingerprint density at radius 2 is 1.68 bits per heavy atom. The standard InChI is InChI=1S/C15H8ClF3N2O/c16-10-7-4-8-11-12(10)14(22)21(15(17,18)19)13(20-11)9-5-2-1-3-6-9/h1-8H. The number of hydrogen-bond donors (Lipinski definition) is 0. The minimum Gasteiger partial charge on any atom is -0.268 e. The second-order valence-electron chi connectivity index (χ2n) is 4.54. The largest absolute Gasteiger partial charge is 0.493 e. The van der Waals surface area contributed by atoms with E-state index in [9.17, 15) is 18.0 Å². The third-order valence-corrected chi connectivity index (χ3v) is 3.45. The Balaban J connectivity index is 2.49. The molecule has 0 fully saturated rings. The van der Waals surface area contributed by atoms with E-state index in [0.717, 1.165) is 0 Å². The summed E-state index contributed by atoms with van der Waals surface area (Å²) < 4.78 is 39.7. The van der Waals surface area contributed by atoms with Gasteiger partial charge in [-0.1, -0.05) is 48.0 Å². The first kappa shape index (κ1) is 14.6. The molecule has 1 aromatic heterocycles. The lowest BCUT2D eigenvalue weighted by Gasteiger charge is -2.16. The van der Waals surface area contributed by atoms with Gasteiger partial charge in [-0.05, 0) is 12.1 Å². The topological polar surface area (TPSA) is 34.9 Å². The van der Waals surface area contributed by atoms with Crippen molar-refractivity contribution in [3.63, 3.8) is 0 Å². The lowest BCUT2D eigenvalue weighted by atomic mass is 10.2. The molecule has 3 rings (SSSR count). The molecule has 0 aliphatic rings. The molecule has 2 aromatic carbocycles. The Hall–Kier alpha value is -2.34. The van der Waals surface area contributed by atoms with Gasteiger partial charge in [0.05, 0.1) is 15.9 Å². The summed E-state index contributed by atoms with van der Waals surface area (Å²) in [5, 5.41) is -0.311. The van der Waals surface area contributed by atoms with Gasteiger partial charge in [0.15, 0.2) is 5.82 Å². The molecule has 0 bridgehead atoms. The van der Waals surface area contributed by atoms with Gasteiger partial charge in [-0.15, -0.1) is 13.2 Å². The van der Waals surface area contributed by atoms with E-state index in [1.165, 1.54) is 30.3 Å². The van der Waals surface area contributed by atoms with Crippen LogP contribution < -0.4 is 5.56 Å². The van der Waals surface area contributed by atoms with Gasteiger partial charge >= 0.3 is 6.30 Å². The summed E-state index contributed by atoms with van der Waals surface area (Å²) in [6, 6.07) is 12.1. The summed E-state index contributed by atoms with van der Waals surface area (Å²) in [6.45, 7) is 0. The fourth-order valence-electron chi connectivity index (χ4n) is 2.21. The first-order valence-corrected chi connectivity index (χ1v) is 6.61. The van der Waals surface area contributed by atoms with Crippen LogP contribution in [0.5, 0.6) is 0 Å². The molecular weight excluding hydrogens is 317 g/mol. The maximum Gasteiger partial charge on any atom is 0.493 e. The van der Waals surface area contributed by atoms with Crippen LogP contribution >= 0.6 is 11.6 Å². The highest BCUT2D eigenvalue weighted by Gasteiger charge is 2.36. The van der Waals surface area contributed by atoms with Gasteiger partial charge in [0.2, 0.25) is 0 Å².